The van der Waals surface area contributed by atoms with Crippen LogP contribution in [0.4, 0.5) is 0 Å². The smallest absolute Gasteiger partial charge is 0.338 e. The van der Waals surface area contributed by atoms with E-state index in [4.69, 9.17) is 4.74 Å². The molecule has 4 nitrogen and oxygen atoms in total. The van der Waals surface area contributed by atoms with E-state index in [9.17, 15) is 15.0 Å². The molecule has 0 saturated carbocycles. The second-order valence-corrected chi connectivity index (χ2v) is 3.90. The first-order valence-corrected chi connectivity index (χ1v) is 5.97. The van der Waals surface area contributed by atoms with Crippen LogP contribution in [0.25, 0.3) is 0 Å². The van der Waals surface area contributed by atoms with E-state index in [0.717, 1.165) is 0 Å². The van der Waals surface area contributed by atoms with Crippen LogP contribution in [0.5, 0.6) is 0 Å². The molecule has 2 unspecified atom stereocenters. The van der Waals surface area contributed by atoms with Gasteiger partial charge in [0.15, 0.2) is 0 Å². The van der Waals surface area contributed by atoms with Crippen LogP contribution in [-0.2, 0) is 4.74 Å². The number of carbonyl (C=O) groups excluding carboxylic acids is 1. The van der Waals surface area contributed by atoms with Crippen molar-refractivity contribution in [2.45, 2.75) is 19.1 Å². The Morgan fingerprint density at radius 3 is 2.41 bits per heavy atom. The van der Waals surface area contributed by atoms with Gasteiger partial charge in [-0.15, -0.1) is 0 Å². The Bertz CT molecular complexity index is 363. The van der Waals surface area contributed by atoms with E-state index >= 15 is 0 Å². The lowest BCUT2D eigenvalue weighted by molar-refractivity contribution is 0.0337. The van der Waals surface area contributed by atoms with E-state index in [0.29, 0.717) is 17.7 Å². The molecule has 0 aliphatic carbocycles. The lowest BCUT2D eigenvalue weighted by Crippen LogP contribution is -2.19. The third-order valence-corrected chi connectivity index (χ3v) is 2.69. The molecule has 94 valence electrons. The van der Waals surface area contributed by atoms with Crippen molar-refractivity contribution in [1.82, 2.24) is 0 Å². The molecular weight excluding hydrogens is 240 g/mol. The molecule has 1 rings (SSSR count). The fourth-order valence-electron chi connectivity index (χ4n) is 1.35. The maximum atomic E-state index is 11.4. The zero-order valence-corrected chi connectivity index (χ0v) is 10.4. The highest BCUT2D eigenvalue weighted by Gasteiger charge is 2.17. The highest BCUT2D eigenvalue weighted by atomic mass is 32.1. The minimum absolute atomic E-state index is 0.167. The van der Waals surface area contributed by atoms with Gasteiger partial charge in [-0.2, -0.15) is 12.6 Å². The van der Waals surface area contributed by atoms with Gasteiger partial charge >= 0.3 is 5.97 Å². The first-order valence-electron chi connectivity index (χ1n) is 5.34. The summed E-state index contributed by atoms with van der Waals surface area (Å²) in [6.07, 6.45) is -1.92. The molecule has 2 atom stereocenters. The summed E-state index contributed by atoms with van der Waals surface area (Å²) in [7, 11) is 0. The molecule has 0 radical (unpaired) electrons. The van der Waals surface area contributed by atoms with Crippen molar-refractivity contribution in [1.29, 1.82) is 0 Å². The Balaban J connectivity index is 2.77. The van der Waals surface area contributed by atoms with Crippen LogP contribution in [-0.4, -0.2) is 34.6 Å². The largest absolute Gasteiger partial charge is 0.462 e. The van der Waals surface area contributed by atoms with Crippen molar-refractivity contribution in [2.75, 3.05) is 12.4 Å². The van der Waals surface area contributed by atoms with Gasteiger partial charge in [0.1, 0.15) is 6.10 Å². The topological polar surface area (TPSA) is 66.8 Å². The zero-order valence-electron chi connectivity index (χ0n) is 9.54. The fraction of sp³-hybridized carbons (Fsp3) is 0.417. The molecule has 0 aliphatic heterocycles. The van der Waals surface area contributed by atoms with Gasteiger partial charge in [0.05, 0.1) is 18.3 Å². The predicted octanol–water partition coefficient (Wildman–Crippen LogP) is 1.19. The summed E-state index contributed by atoms with van der Waals surface area (Å²) >= 11 is 3.90. The van der Waals surface area contributed by atoms with Crippen LogP contribution in [0, 0.1) is 0 Å². The standard InChI is InChI=1S/C12H16O4S/c1-2-16-12(15)9-5-3-8(4-6-9)11(14)10(13)7-17/h3-6,10-11,13-14,17H,2,7H2,1H3. The summed E-state index contributed by atoms with van der Waals surface area (Å²) in [4.78, 5) is 11.4. The van der Waals surface area contributed by atoms with Gasteiger partial charge in [-0.1, -0.05) is 12.1 Å². The molecule has 0 bridgehead atoms. The SMILES string of the molecule is CCOC(=O)c1ccc(C(O)C(O)CS)cc1. The van der Waals surface area contributed by atoms with Crippen LogP contribution in [0.2, 0.25) is 0 Å². The maximum absolute atomic E-state index is 11.4. The number of hydrogen-bond donors (Lipinski definition) is 3. The van der Waals surface area contributed by atoms with E-state index in [2.05, 4.69) is 12.6 Å². The number of esters is 1. The maximum Gasteiger partial charge on any atom is 0.338 e. The molecule has 17 heavy (non-hydrogen) atoms. The number of carbonyl (C=O) groups is 1. The van der Waals surface area contributed by atoms with Crippen molar-refractivity contribution in [3.63, 3.8) is 0 Å². The van der Waals surface area contributed by atoms with Crippen LogP contribution in [0.3, 0.4) is 0 Å². The lowest BCUT2D eigenvalue weighted by atomic mass is 10.0. The van der Waals surface area contributed by atoms with Crippen molar-refractivity contribution in [2.24, 2.45) is 0 Å². The Kier molecular flexibility index (Phi) is 5.47. The van der Waals surface area contributed by atoms with Gasteiger partial charge in [-0.3, -0.25) is 0 Å². The first kappa shape index (κ1) is 14.0. The van der Waals surface area contributed by atoms with Crippen LogP contribution >= 0.6 is 12.6 Å². The van der Waals surface area contributed by atoms with Gasteiger partial charge in [0.25, 0.3) is 0 Å². The number of hydrogen-bond acceptors (Lipinski definition) is 5. The van der Waals surface area contributed by atoms with E-state index in [1.165, 1.54) is 0 Å². The fourth-order valence-corrected chi connectivity index (χ4v) is 1.55. The molecule has 5 heteroatoms. The monoisotopic (exact) mass is 256 g/mol. The van der Waals surface area contributed by atoms with Crippen molar-refractivity contribution in [3.8, 4) is 0 Å². The minimum atomic E-state index is -0.997. The molecule has 0 saturated heterocycles. The van der Waals surface area contributed by atoms with Gasteiger partial charge in [-0.25, -0.2) is 4.79 Å². The number of rotatable bonds is 5. The molecule has 0 amide bonds. The minimum Gasteiger partial charge on any atom is -0.462 e. The first-order chi connectivity index (χ1) is 8.10. The van der Waals surface area contributed by atoms with E-state index in [1.54, 1.807) is 31.2 Å². The van der Waals surface area contributed by atoms with Gasteiger partial charge in [-0.05, 0) is 24.6 Å². The van der Waals surface area contributed by atoms with Crippen molar-refractivity contribution >= 4 is 18.6 Å². The Labute approximate surface area is 106 Å². The van der Waals surface area contributed by atoms with E-state index in [1.807, 2.05) is 0 Å². The highest BCUT2D eigenvalue weighted by Crippen LogP contribution is 2.18. The molecule has 1 aromatic rings. The Morgan fingerprint density at radius 1 is 1.35 bits per heavy atom. The molecular formula is C12H16O4S. The third kappa shape index (κ3) is 3.73. The molecule has 0 fully saturated rings. The second kappa shape index (κ2) is 6.64. The molecule has 0 heterocycles. The summed E-state index contributed by atoms with van der Waals surface area (Å²) in [5.41, 5.74) is 0.961. The number of benzene rings is 1. The number of ether oxygens (including phenoxy) is 1. The van der Waals surface area contributed by atoms with Crippen LogP contribution in [0.1, 0.15) is 28.9 Å². The van der Waals surface area contributed by atoms with Gasteiger partial charge in [0, 0.05) is 5.75 Å². The van der Waals surface area contributed by atoms with E-state index < -0.39 is 18.2 Å². The molecule has 1 aromatic carbocycles. The third-order valence-electron chi connectivity index (χ3n) is 2.31. The second-order valence-electron chi connectivity index (χ2n) is 3.54. The summed E-state index contributed by atoms with van der Waals surface area (Å²) in [6.45, 7) is 2.06. The van der Waals surface area contributed by atoms with Gasteiger partial charge < -0.3 is 14.9 Å². The molecule has 0 aliphatic rings. The predicted molar refractivity (Wildman–Crippen MR) is 67.2 cm³/mol. The Hall–Kier alpha value is -1.04. The van der Waals surface area contributed by atoms with Crippen molar-refractivity contribution < 1.29 is 19.7 Å². The number of aliphatic hydroxyl groups is 2. The summed E-state index contributed by atoms with van der Waals surface area (Å²) in [5, 5.41) is 19.1. The molecule has 2 N–H and O–H groups in total. The summed E-state index contributed by atoms with van der Waals surface area (Å²) < 4.78 is 4.83. The molecule has 0 spiro atoms. The highest BCUT2D eigenvalue weighted by molar-refractivity contribution is 7.80. The van der Waals surface area contributed by atoms with Gasteiger partial charge in [0.2, 0.25) is 0 Å². The summed E-state index contributed by atoms with van der Waals surface area (Å²) in [5.74, 6) is -0.232. The average Bonchev–Trinajstić information content (AvgIpc) is 2.37. The van der Waals surface area contributed by atoms with Crippen molar-refractivity contribution in [3.05, 3.63) is 35.4 Å². The summed E-state index contributed by atoms with van der Waals surface area (Å²) in [6, 6.07) is 6.29. The zero-order chi connectivity index (χ0) is 12.8. The van der Waals surface area contributed by atoms with E-state index in [-0.39, 0.29) is 5.75 Å². The Morgan fingerprint density at radius 2 is 1.94 bits per heavy atom. The van der Waals surface area contributed by atoms with Crippen LogP contribution in [0.15, 0.2) is 24.3 Å². The van der Waals surface area contributed by atoms with Crippen LogP contribution < -0.4 is 0 Å². The lowest BCUT2D eigenvalue weighted by Gasteiger charge is -2.16. The number of aliphatic hydroxyl groups excluding tert-OH is 2. The average molecular weight is 256 g/mol. The quantitative estimate of drug-likeness (QED) is 0.547. The normalized spacial score (nSPS) is 14.1. The molecule has 0 aromatic heterocycles. The number of thiol groups is 1.